The van der Waals surface area contributed by atoms with Crippen molar-refractivity contribution in [3.8, 4) is 0 Å². The summed E-state index contributed by atoms with van der Waals surface area (Å²) in [7, 11) is -1.99. The van der Waals surface area contributed by atoms with E-state index in [4.69, 9.17) is 0 Å². The standard InChI is InChI=1S/C19H23N3O4S/c1-15-5-7-16(8-6-15)14-20(2)18-10-9-17(22(23)24)13-19(18)27(25,26)21-11-3-4-12-21/h5-10,13H,3-4,11-12,14H2,1-2H3. The van der Waals surface area contributed by atoms with Crippen molar-refractivity contribution in [2.45, 2.75) is 31.2 Å². The Morgan fingerprint density at radius 1 is 1.11 bits per heavy atom. The largest absolute Gasteiger partial charge is 0.369 e. The molecule has 0 spiro atoms. The zero-order valence-corrected chi connectivity index (χ0v) is 16.3. The third kappa shape index (κ3) is 4.12. The summed E-state index contributed by atoms with van der Waals surface area (Å²) in [5.41, 5.74) is 2.42. The first-order valence-corrected chi connectivity index (χ1v) is 10.3. The number of nitrogens with zero attached hydrogens (tertiary/aromatic N) is 3. The van der Waals surface area contributed by atoms with Gasteiger partial charge in [0, 0.05) is 38.8 Å². The first-order chi connectivity index (χ1) is 12.8. The normalized spacial score (nSPS) is 15.0. The molecule has 1 fully saturated rings. The molecule has 0 radical (unpaired) electrons. The Hall–Kier alpha value is -2.45. The molecule has 2 aromatic rings. The maximum atomic E-state index is 13.1. The SMILES string of the molecule is Cc1ccc(CN(C)c2ccc([N+](=O)[O-])cc2S(=O)(=O)N2CCCC2)cc1. The second-order valence-corrected chi connectivity index (χ2v) is 8.77. The number of aryl methyl sites for hydroxylation is 1. The van der Waals surface area contributed by atoms with Gasteiger partial charge in [0.2, 0.25) is 10.0 Å². The summed E-state index contributed by atoms with van der Waals surface area (Å²) < 4.78 is 27.6. The summed E-state index contributed by atoms with van der Waals surface area (Å²) in [6.07, 6.45) is 1.62. The van der Waals surface area contributed by atoms with Gasteiger partial charge in [-0.2, -0.15) is 4.31 Å². The number of sulfonamides is 1. The Morgan fingerprint density at radius 3 is 2.33 bits per heavy atom. The van der Waals surface area contributed by atoms with Crippen molar-refractivity contribution in [1.82, 2.24) is 4.31 Å². The molecule has 1 saturated heterocycles. The fourth-order valence-corrected chi connectivity index (χ4v) is 5.03. The van der Waals surface area contributed by atoms with Crippen molar-refractivity contribution in [1.29, 1.82) is 0 Å². The lowest BCUT2D eigenvalue weighted by Gasteiger charge is -2.24. The van der Waals surface area contributed by atoms with Crippen LogP contribution in [0.15, 0.2) is 47.4 Å². The molecule has 0 aromatic heterocycles. The third-order valence-electron chi connectivity index (χ3n) is 4.79. The Labute approximate surface area is 159 Å². The Bertz CT molecular complexity index is 936. The van der Waals surface area contributed by atoms with Crippen molar-refractivity contribution >= 4 is 21.4 Å². The van der Waals surface area contributed by atoms with E-state index in [0.717, 1.165) is 24.0 Å². The molecule has 7 nitrogen and oxygen atoms in total. The number of hydrogen-bond acceptors (Lipinski definition) is 5. The van der Waals surface area contributed by atoms with Crippen LogP contribution in [0.3, 0.4) is 0 Å². The van der Waals surface area contributed by atoms with E-state index in [0.29, 0.717) is 25.3 Å². The van der Waals surface area contributed by atoms with Gasteiger partial charge in [-0.1, -0.05) is 29.8 Å². The number of nitro groups is 1. The molecule has 0 aliphatic carbocycles. The van der Waals surface area contributed by atoms with Gasteiger partial charge in [-0.15, -0.1) is 0 Å². The zero-order chi connectivity index (χ0) is 19.6. The molecule has 1 aliphatic heterocycles. The second-order valence-electron chi connectivity index (χ2n) is 6.86. The van der Waals surface area contributed by atoms with E-state index in [2.05, 4.69) is 0 Å². The molecule has 1 aliphatic rings. The van der Waals surface area contributed by atoms with Crippen LogP contribution in [0, 0.1) is 17.0 Å². The number of non-ortho nitro benzene ring substituents is 1. The minimum atomic E-state index is -3.78. The molecule has 0 saturated carbocycles. The zero-order valence-electron chi connectivity index (χ0n) is 15.5. The molecule has 8 heteroatoms. The van der Waals surface area contributed by atoms with Crippen LogP contribution in [0.4, 0.5) is 11.4 Å². The molecule has 0 atom stereocenters. The lowest BCUT2D eigenvalue weighted by atomic mass is 10.1. The number of nitro benzene ring substituents is 1. The highest BCUT2D eigenvalue weighted by atomic mass is 32.2. The summed E-state index contributed by atoms with van der Waals surface area (Å²) in [6.45, 7) is 3.41. The van der Waals surface area contributed by atoms with Crippen molar-refractivity contribution in [2.75, 3.05) is 25.0 Å². The molecular formula is C19H23N3O4S. The minimum absolute atomic E-state index is 0.00629. The number of hydrogen-bond donors (Lipinski definition) is 0. The topological polar surface area (TPSA) is 83.8 Å². The van der Waals surface area contributed by atoms with E-state index in [1.165, 1.54) is 22.5 Å². The predicted molar refractivity (Wildman–Crippen MR) is 104 cm³/mol. The predicted octanol–water partition coefficient (Wildman–Crippen LogP) is 3.32. The van der Waals surface area contributed by atoms with Gasteiger partial charge in [-0.3, -0.25) is 10.1 Å². The smallest absolute Gasteiger partial charge is 0.270 e. The minimum Gasteiger partial charge on any atom is -0.369 e. The van der Waals surface area contributed by atoms with Crippen molar-refractivity contribution in [3.63, 3.8) is 0 Å². The van der Waals surface area contributed by atoms with Gasteiger partial charge < -0.3 is 4.90 Å². The average molecular weight is 389 g/mol. The van der Waals surface area contributed by atoms with Crippen LogP contribution in [-0.4, -0.2) is 37.8 Å². The molecule has 1 heterocycles. The molecular weight excluding hydrogens is 366 g/mol. The van der Waals surface area contributed by atoms with Crippen LogP contribution in [0.2, 0.25) is 0 Å². The van der Waals surface area contributed by atoms with Crippen LogP contribution in [0.1, 0.15) is 24.0 Å². The van der Waals surface area contributed by atoms with Crippen LogP contribution in [-0.2, 0) is 16.6 Å². The van der Waals surface area contributed by atoms with Gasteiger partial charge in [0.05, 0.1) is 10.6 Å². The van der Waals surface area contributed by atoms with E-state index in [1.807, 2.05) is 36.1 Å². The van der Waals surface area contributed by atoms with Gasteiger partial charge in [0.25, 0.3) is 5.69 Å². The maximum Gasteiger partial charge on any atom is 0.270 e. The van der Waals surface area contributed by atoms with E-state index >= 15 is 0 Å². The highest BCUT2D eigenvalue weighted by molar-refractivity contribution is 7.89. The summed E-state index contributed by atoms with van der Waals surface area (Å²) in [6, 6.07) is 12.0. The third-order valence-corrected chi connectivity index (χ3v) is 6.72. The van der Waals surface area contributed by atoms with Crippen molar-refractivity contribution < 1.29 is 13.3 Å². The van der Waals surface area contributed by atoms with Gasteiger partial charge in [-0.25, -0.2) is 8.42 Å². The lowest BCUT2D eigenvalue weighted by Crippen LogP contribution is -2.30. The fourth-order valence-electron chi connectivity index (χ4n) is 3.26. The molecule has 0 unspecified atom stereocenters. The first-order valence-electron chi connectivity index (χ1n) is 8.84. The maximum absolute atomic E-state index is 13.1. The summed E-state index contributed by atoms with van der Waals surface area (Å²) in [5.74, 6) is 0. The Kier molecular flexibility index (Phi) is 5.48. The lowest BCUT2D eigenvalue weighted by molar-refractivity contribution is -0.385. The molecule has 2 aromatic carbocycles. The van der Waals surface area contributed by atoms with Crippen LogP contribution < -0.4 is 4.90 Å². The number of rotatable bonds is 6. The highest BCUT2D eigenvalue weighted by Crippen LogP contribution is 2.33. The van der Waals surface area contributed by atoms with E-state index < -0.39 is 14.9 Å². The molecule has 0 N–H and O–H groups in total. The molecule has 3 rings (SSSR count). The molecule has 0 bridgehead atoms. The quantitative estimate of drug-likeness (QED) is 0.559. The average Bonchev–Trinajstić information content (AvgIpc) is 3.18. The van der Waals surface area contributed by atoms with E-state index in [9.17, 15) is 18.5 Å². The summed E-state index contributed by atoms with van der Waals surface area (Å²) >= 11 is 0. The summed E-state index contributed by atoms with van der Waals surface area (Å²) in [4.78, 5) is 12.4. The molecule has 27 heavy (non-hydrogen) atoms. The monoisotopic (exact) mass is 389 g/mol. The number of anilines is 1. The first kappa shape index (κ1) is 19.3. The van der Waals surface area contributed by atoms with Gasteiger partial charge in [0.1, 0.15) is 4.90 Å². The molecule has 0 amide bonds. The van der Waals surface area contributed by atoms with Gasteiger partial charge >= 0.3 is 0 Å². The highest BCUT2D eigenvalue weighted by Gasteiger charge is 2.31. The van der Waals surface area contributed by atoms with Crippen LogP contribution in [0.5, 0.6) is 0 Å². The number of benzene rings is 2. The molecule has 144 valence electrons. The van der Waals surface area contributed by atoms with Crippen molar-refractivity contribution in [2.24, 2.45) is 0 Å². The van der Waals surface area contributed by atoms with Crippen LogP contribution in [0.25, 0.3) is 0 Å². The Balaban J connectivity index is 2.00. The fraction of sp³-hybridized carbons (Fsp3) is 0.368. The van der Waals surface area contributed by atoms with Gasteiger partial charge in [-0.05, 0) is 31.4 Å². The van der Waals surface area contributed by atoms with Crippen LogP contribution >= 0.6 is 0 Å². The van der Waals surface area contributed by atoms with E-state index in [1.54, 1.807) is 7.05 Å². The van der Waals surface area contributed by atoms with Crippen molar-refractivity contribution in [3.05, 3.63) is 63.7 Å². The summed E-state index contributed by atoms with van der Waals surface area (Å²) in [5, 5.41) is 11.2. The van der Waals surface area contributed by atoms with Gasteiger partial charge in [0.15, 0.2) is 0 Å². The second kappa shape index (κ2) is 7.66. The van der Waals surface area contributed by atoms with E-state index in [-0.39, 0.29) is 10.6 Å². The Morgan fingerprint density at radius 2 is 1.74 bits per heavy atom.